The van der Waals surface area contributed by atoms with Crippen molar-refractivity contribution in [2.24, 2.45) is 11.8 Å². The molecule has 1 unspecified atom stereocenters. The van der Waals surface area contributed by atoms with Gasteiger partial charge < -0.3 is 10.4 Å². The lowest BCUT2D eigenvalue weighted by atomic mass is 9.80. The van der Waals surface area contributed by atoms with Crippen LogP contribution in [-0.4, -0.2) is 28.6 Å². The fourth-order valence-electron chi connectivity index (χ4n) is 2.40. The molecule has 4 nitrogen and oxygen atoms in total. The van der Waals surface area contributed by atoms with E-state index in [2.05, 4.69) is 24.5 Å². The molecule has 1 aliphatic rings. The molecule has 0 aromatic heterocycles. The van der Waals surface area contributed by atoms with Crippen molar-refractivity contribution >= 4 is 24.3 Å². The largest absolute Gasteiger partial charge is 0.512 e. The minimum atomic E-state index is -0.506. The lowest BCUT2D eigenvalue weighted by molar-refractivity contribution is -0.123. The van der Waals surface area contributed by atoms with Crippen LogP contribution in [0.4, 0.5) is 0 Å². The van der Waals surface area contributed by atoms with Crippen molar-refractivity contribution in [3.63, 3.8) is 0 Å². The van der Waals surface area contributed by atoms with Crippen molar-refractivity contribution in [3.05, 3.63) is 12.3 Å². The molecule has 2 N–H and O–H groups in total. The molecule has 1 fully saturated rings. The Hall–Kier alpha value is -0.970. The Morgan fingerprint density at radius 3 is 2.42 bits per heavy atom. The summed E-state index contributed by atoms with van der Waals surface area (Å²) in [5.74, 6) is 0.743. The molecule has 0 aliphatic heterocycles. The number of aliphatic hydroxyl groups is 1. The smallest absolute Gasteiger partial charge is 0.221 e. The van der Waals surface area contributed by atoms with E-state index in [1.54, 1.807) is 6.92 Å². The maximum Gasteiger partial charge on any atom is 0.221 e. The van der Waals surface area contributed by atoms with Crippen LogP contribution < -0.4 is 5.32 Å². The Balaban J connectivity index is 2.22. The summed E-state index contributed by atoms with van der Waals surface area (Å²) in [6, 6.07) is 0. The second kappa shape index (κ2) is 7.58. The van der Waals surface area contributed by atoms with Crippen molar-refractivity contribution in [1.29, 1.82) is 0 Å². The van der Waals surface area contributed by atoms with E-state index in [0.717, 1.165) is 25.7 Å². The summed E-state index contributed by atoms with van der Waals surface area (Å²) >= 11 is 4.07. The summed E-state index contributed by atoms with van der Waals surface area (Å²) in [5, 5.41) is 11.4. The predicted octanol–water partition coefficient (Wildman–Crippen LogP) is 2.26. The predicted molar refractivity (Wildman–Crippen MR) is 78.3 cm³/mol. The van der Waals surface area contributed by atoms with Crippen LogP contribution >= 0.6 is 12.6 Å². The van der Waals surface area contributed by atoms with E-state index in [4.69, 9.17) is 5.11 Å². The Labute approximate surface area is 120 Å². The number of carbonyl (C=O) groups is 2. The van der Waals surface area contributed by atoms with Crippen LogP contribution in [0.1, 0.15) is 39.0 Å². The quantitative estimate of drug-likeness (QED) is 0.518. The maximum absolute atomic E-state index is 11.6. The fraction of sp³-hybridized carbons (Fsp3) is 0.714. The highest BCUT2D eigenvalue weighted by molar-refractivity contribution is 7.81. The summed E-state index contributed by atoms with van der Waals surface area (Å²) < 4.78 is 0. The van der Waals surface area contributed by atoms with Crippen molar-refractivity contribution in [1.82, 2.24) is 5.32 Å². The molecule has 0 aromatic rings. The zero-order chi connectivity index (χ0) is 14.4. The van der Waals surface area contributed by atoms with Gasteiger partial charge in [0.15, 0.2) is 0 Å². The van der Waals surface area contributed by atoms with E-state index in [1.165, 1.54) is 0 Å². The molecule has 1 saturated carbocycles. The molecule has 0 aromatic carbocycles. The zero-order valence-electron chi connectivity index (χ0n) is 11.4. The second-order valence-corrected chi connectivity index (χ2v) is 5.97. The Morgan fingerprint density at radius 1 is 1.37 bits per heavy atom. The molecular formula is C14H23NO3S. The van der Waals surface area contributed by atoms with Gasteiger partial charge in [-0.15, -0.1) is 0 Å². The molecule has 1 atom stereocenters. The average molecular weight is 285 g/mol. The molecule has 5 heteroatoms. The number of ketones is 1. The molecule has 0 heterocycles. The van der Waals surface area contributed by atoms with Gasteiger partial charge in [0.1, 0.15) is 5.78 Å². The first-order valence-corrected chi connectivity index (χ1v) is 7.24. The van der Waals surface area contributed by atoms with Crippen molar-refractivity contribution in [2.75, 3.05) is 6.54 Å². The van der Waals surface area contributed by atoms with Gasteiger partial charge in [-0.3, -0.25) is 9.59 Å². The van der Waals surface area contributed by atoms with Crippen LogP contribution in [0, 0.1) is 11.8 Å². The molecule has 1 amide bonds. The third-order valence-electron chi connectivity index (χ3n) is 3.77. The van der Waals surface area contributed by atoms with Gasteiger partial charge in [0, 0.05) is 18.9 Å². The lowest BCUT2D eigenvalue weighted by Crippen LogP contribution is -2.33. The Bertz CT molecular complexity index is 349. The topological polar surface area (TPSA) is 66.4 Å². The molecule has 108 valence electrons. The molecule has 19 heavy (non-hydrogen) atoms. The minimum absolute atomic E-state index is 0.0829. The first-order valence-electron chi connectivity index (χ1n) is 6.73. The van der Waals surface area contributed by atoms with Gasteiger partial charge in [-0.1, -0.05) is 6.58 Å². The number of carbonyl (C=O) groups excluding carboxylic acids is 2. The van der Waals surface area contributed by atoms with Gasteiger partial charge >= 0.3 is 0 Å². The van der Waals surface area contributed by atoms with Crippen molar-refractivity contribution in [2.45, 2.75) is 44.3 Å². The minimum Gasteiger partial charge on any atom is -0.512 e. The van der Waals surface area contributed by atoms with Crippen LogP contribution in [0.5, 0.6) is 0 Å². The van der Waals surface area contributed by atoms with E-state index in [9.17, 15) is 9.59 Å². The third kappa shape index (κ3) is 5.68. The summed E-state index contributed by atoms with van der Waals surface area (Å²) in [4.78, 5) is 22.9. The van der Waals surface area contributed by atoms with E-state index < -0.39 is 5.25 Å². The fourth-order valence-corrected chi connectivity index (χ4v) is 2.56. The molecule has 1 rings (SSSR count). The number of aliphatic hydroxyl groups excluding tert-OH is 1. The van der Waals surface area contributed by atoms with Crippen LogP contribution in [0.25, 0.3) is 0 Å². The number of hydrogen-bond acceptors (Lipinski definition) is 4. The molecule has 0 radical (unpaired) electrons. The second-order valence-electron chi connectivity index (χ2n) is 5.34. The highest BCUT2D eigenvalue weighted by Gasteiger charge is 2.24. The Morgan fingerprint density at radius 2 is 1.95 bits per heavy atom. The third-order valence-corrected chi connectivity index (χ3v) is 4.25. The summed E-state index contributed by atoms with van der Waals surface area (Å²) in [7, 11) is 0. The van der Waals surface area contributed by atoms with Gasteiger partial charge in [-0.05, 0) is 38.5 Å². The van der Waals surface area contributed by atoms with Crippen LogP contribution in [-0.2, 0) is 9.59 Å². The average Bonchev–Trinajstić information content (AvgIpc) is 2.36. The van der Waals surface area contributed by atoms with Gasteiger partial charge in [0.25, 0.3) is 0 Å². The first kappa shape index (κ1) is 16.1. The summed E-state index contributed by atoms with van der Waals surface area (Å²) in [6.45, 7) is 5.64. The number of Topliss-reactive ketones (excluding diaryl/α,β-unsaturated/α-hetero) is 1. The van der Waals surface area contributed by atoms with Gasteiger partial charge in [-0.25, -0.2) is 0 Å². The van der Waals surface area contributed by atoms with E-state index in [1.807, 2.05) is 0 Å². The first-order chi connectivity index (χ1) is 8.90. The number of rotatable bonds is 6. The number of thiol groups is 1. The van der Waals surface area contributed by atoms with Gasteiger partial charge in [-0.2, -0.15) is 12.6 Å². The van der Waals surface area contributed by atoms with Crippen molar-refractivity contribution < 1.29 is 14.7 Å². The zero-order valence-corrected chi connectivity index (χ0v) is 12.3. The molecular weight excluding hydrogens is 262 g/mol. The van der Waals surface area contributed by atoms with Gasteiger partial charge in [0.05, 0.1) is 11.0 Å². The SMILES string of the molecule is C=C(O)C(S)CC(=O)NCC1CCC(C(C)=O)CC1. The highest BCUT2D eigenvalue weighted by atomic mass is 32.1. The molecule has 0 saturated heterocycles. The maximum atomic E-state index is 11.6. The van der Waals surface area contributed by atoms with Crippen LogP contribution in [0.2, 0.25) is 0 Å². The van der Waals surface area contributed by atoms with E-state index in [-0.39, 0.29) is 29.8 Å². The molecule has 0 spiro atoms. The van der Waals surface area contributed by atoms with Crippen LogP contribution in [0.3, 0.4) is 0 Å². The molecule has 0 bridgehead atoms. The van der Waals surface area contributed by atoms with Crippen molar-refractivity contribution in [3.8, 4) is 0 Å². The monoisotopic (exact) mass is 285 g/mol. The number of nitrogens with one attached hydrogen (secondary N) is 1. The van der Waals surface area contributed by atoms with E-state index in [0.29, 0.717) is 12.5 Å². The number of hydrogen-bond donors (Lipinski definition) is 3. The highest BCUT2D eigenvalue weighted by Crippen LogP contribution is 2.28. The van der Waals surface area contributed by atoms with Crippen LogP contribution in [0.15, 0.2) is 12.3 Å². The van der Waals surface area contributed by atoms with Gasteiger partial charge in [0.2, 0.25) is 5.91 Å². The summed E-state index contributed by atoms with van der Waals surface area (Å²) in [5.41, 5.74) is 0. The Kier molecular flexibility index (Phi) is 6.42. The lowest BCUT2D eigenvalue weighted by Gasteiger charge is -2.27. The van der Waals surface area contributed by atoms with E-state index >= 15 is 0 Å². The summed E-state index contributed by atoms with van der Waals surface area (Å²) in [6.07, 6.45) is 3.97. The normalized spacial score (nSPS) is 24.5. The standard InChI is InChI=1S/C14H23NO3S/c1-9(16)12-5-3-11(4-6-12)8-15-14(18)7-13(19)10(2)17/h11-13,17,19H,2-8H2,1H3,(H,15,18). The number of amides is 1. The molecule has 1 aliphatic carbocycles.